The molecule has 30 heavy (non-hydrogen) atoms. The lowest BCUT2D eigenvalue weighted by molar-refractivity contribution is -0.122. The van der Waals surface area contributed by atoms with Crippen molar-refractivity contribution in [2.75, 3.05) is 13.7 Å². The standard InChI is InChI=1S/C22H21ClFNO3S2/c1-13(2)11-25-21(26)19(30-22(25)29)10-15-8-17(23)20(18(9-15)27-3)28-12-14-5-4-6-16(24)7-14/h4-10,13H,11-12H2,1-3H3/b19-10-. The van der Waals surface area contributed by atoms with E-state index in [1.807, 2.05) is 13.8 Å². The predicted octanol–water partition coefficient (Wildman–Crippen LogP) is 5.92. The first-order valence-corrected chi connectivity index (χ1v) is 10.9. The van der Waals surface area contributed by atoms with Gasteiger partial charge in [0.2, 0.25) is 0 Å². The van der Waals surface area contributed by atoms with E-state index in [4.69, 9.17) is 33.3 Å². The van der Waals surface area contributed by atoms with Crippen LogP contribution in [-0.2, 0) is 11.4 Å². The molecule has 8 heteroatoms. The first-order valence-electron chi connectivity index (χ1n) is 9.28. The van der Waals surface area contributed by atoms with E-state index in [2.05, 4.69) is 0 Å². The number of amides is 1. The van der Waals surface area contributed by atoms with Crippen molar-refractivity contribution in [1.82, 2.24) is 4.90 Å². The number of hydrogen-bond donors (Lipinski definition) is 0. The van der Waals surface area contributed by atoms with E-state index in [9.17, 15) is 9.18 Å². The summed E-state index contributed by atoms with van der Waals surface area (Å²) < 4.78 is 25.1. The molecule has 3 rings (SSSR count). The molecule has 0 saturated carbocycles. The van der Waals surface area contributed by atoms with E-state index >= 15 is 0 Å². The summed E-state index contributed by atoms with van der Waals surface area (Å²) in [5, 5.41) is 0.328. The van der Waals surface area contributed by atoms with E-state index < -0.39 is 0 Å². The molecule has 158 valence electrons. The van der Waals surface area contributed by atoms with Gasteiger partial charge in [-0.1, -0.05) is 61.6 Å². The predicted molar refractivity (Wildman–Crippen MR) is 123 cm³/mol. The summed E-state index contributed by atoms with van der Waals surface area (Å²) in [6.45, 7) is 4.80. The SMILES string of the molecule is COc1cc(/C=C2\SC(=S)N(CC(C)C)C2=O)cc(Cl)c1OCc1cccc(F)c1. The Kier molecular flexibility index (Phi) is 7.39. The third-order valence-electron chi connectivity index (χ3n) is 4.24. The molecule has 0 N–H and O–H groups in total. The zero-order chi connectivity index (χ0) is 21.8. The van der Waals surface area contributed by atoms with Crippen LogP contribution >= 0.6 is 35.6 Å². The van der Waals surface area contributed by atoms with Crippen molar-refractivity contribution in [3.8, 4) is 11.5 Å². The van der Waals surface area contributed by atoms with Crippen LogP contribution in [0.3, 0.4) is 0 Å². The van der Waals surface area contributed by atoms with Gasteiger partial charge in [-0.15, -0.1) is 0 Å². The number of ether oxygens (including phenoxy) is 2. The average molecular weight is 466 g/mol. The zero-order valence-corrected chi connectivity index (χ0v) is 19.2. The average Bonchev–Trinajstić information content (AvgIpc) is 2.94. The number of nitrogens with zero attached hydrogens (tertiary/aromatic N) is 1. The largest absolute Gasteiger partial charge is 0.493 e. The Balaban J connectivity index is 1.82. The van der Waals surface area contributed by atoms with E-state index in [-0.39, 0.29) is 18.3 Å². The Bertz CT molecular complexity index is 1010. The van der Waals surface area contributed by atoms with Crippen molar-refractivity contribution >= 4 is 51.9 Å². The lowest BCUT2D eigenvalue weighted by Crippen LogP contribution is -2.31. The maximum absolute atomic E-state index is 13.4. The Hall–Kier alpha value is -2.09. The summed E-state index contributed by atoms with van der Waals surface area (Å²) in [5.41, 5.74) is 1.37. The number of thioether (sulfide) groups is 1. The molecule has 1 aliphatic rings. The van der Waals surface area contributed by atoms with Gasteiger partial charge in [-0.3, -0.25) is 9.69 Å². The summed E-state index contributed by atoms with van der Waals surface area (Å²) in [4.78, 5) is 14.8. The Labute approximate surface area is 190 Å². The van der Waals surface area contributed by atoms with Crippen LogP contribution < -0.4 is 9.47 Å². The lowest BCUT2D eigenvalue weighted by Gasteiger charge is -2.16. The summed E-state index contributed by atoms with van der Waals surface area (Å²) in [7, 11) is 1.51. The molecule has 1 aliphatic heterocycles. The molecule has 0 aromatic heterocycles. The van der Waals surface area contributed by atoms with Gasteiger partial charge in [0.05, 0.1) is 17.0 Å². The fourth-order valence-electron chi connectivity index (χ4n) is 2.92. The van der Waals surface area contributed by atoms with E-state index in [0.29, 0.717) is 49.3 Å². The summed E-state index contributed by atoms with van der Waals surface area (Å²) >= 11 is 13.0. The zero-order valence-electron chi connectivity index (χ0n) is 16.8. The molecule has 1 amide bonds. The number of benzene rings is 2. The fourth-order valence-corrected chi connectivity index (χ4v) is 4.47. The van der Waals surface area contributed by atoms with E-state index in [0.717, 1.165) is 0 Å². The van der Waals surface area contributed by atoms with Crippen LogP contribution in [0, 0.1) is 11.7 Å². The maximum Gasteiger partial charge on any atom is 0.266 e. The van der Waals surface area contributed by atoms with E-state index in [1.54, 1.807) is 35.2 Å². The number of hydrogen-bond acceptors (Lipinski definition) is 5. The van der Waals surface area contributed by atoms with Crippen LogP contribution in [0.5, 0.6) is 11.5 Å². The quantitative estimate of drug-likeness (QED) is 0.374. The topological polar surface area (TPSA) is 38.8 Å². The van der Waals surface area contributed by atoms with Gasteiger partial charge in [0.15, 0.2) is 11.5 Å². The Morgan fingerprint density at radius 1 is 1.30 bits per heavy atom. The van der Waals surface area contributed by atoms with Crippen LogP contribution in [0.2, 0.25) is 5.02 Å². The van der Waals surface area contributed by atoms with Gasteiger partial charge in [0, 0.05) is 6.54 Å². The van der Waals surface area contributed by atoms with Gasteiger partial charge >= 0.3 is 0 Å². The van der Waals surface area contributed by atoms with Crippen molar-refractivity contribution in [2.45, 2.75) is 20.5 Å². The molecular formula is C22H21ClFNO3S2. The molecule has 0 unspecified atom stereocenters. The maximum atomic E-state index is 13.4. The molecule has 0 spiro atoms. The second-order valence-corrected chi connectivity index (χ2v) is 9.22. The molecule has 0 bridgehead atoms. The number of thiocarbonyl (C=S) groups is 1. The number of rotatable bonds is 7. The van der Waals surface area contributed by atoms with Crippen LogP contribution in [0.4, 0.5) is 4.39 Å². The molecule has 0 aliphatic carbocycles. The summed E-state index contributed by atoms with van der Waals surface area (Å²) in [6, 6.07) is 9.58. The van der Waals surface area contributed by atoms with Crippen LogP contribution in [0.15, 0.2) is 41.3 Å². The Morgan fingerprint density at radius 2 is 2.07 bits per heavy atom. The first-order chi connectivity index (χ1) is 14.3. The van der Waals surface area contributed by atoms with Crippen molar-refractivity contribution in [3.63, 3.8) is 0 Å². The highest BCUT2D eigenvalue weighted by atomic mass is 35.5. The van der Waals surface area contributed by atoms with Gasteiger partial charge in [0.1, 0.15) is 16.7 Å². The highest BCUT2D eigenvalue weighted by Gasteiger charge is 2.32. The minimum atomic E-state index is -0.334. The second kappa shape index (κ2) is 9.81. The summed E-state index contributed by atoms with van der Waals surface area (Å²) in [6.07, 6.45) is 1.74. The highest BCUT2D eigenvalue weighted by Crippen LogP contribution is 2.39. The smallest absolute Gasteiger partial charge is 0.266 e. The molecule has 0 atom stereocenters. The van der Waals surface area contributed by atoms with Crippen molar-refractivity contribution in [3.05, 3.63) is 63.3 Å². The molecule has 0 radical (unpaired) electrons. The van der Waals surface area contributed by atoms with E-state index in [1.165, 1.54) is 31.0 Å². The van der Waals surface area contributed by atoms with Crippen LogP contribution in [0.1, 0.15) is 25.0 Å². The molecule has 1 saturated heterocycles. The third-order valence-corrected chi connectivity index (χ3v) is 5.90. The molecular weight excluding hydrogens is 445 g/mol. The highest BCUT2D eigenvalue weighted by molar-refractivity contribution is 8.26. The number of carbonyl (C=O) groups excluding carboxylic acids is 1. The lowest BCUT2D eigenvalue weighted by atomic mass is 10.1. The van der Waals surface area contributed by atoms with Crippen LogP contribution in [0.25, 0.3) is 6.08 Å². The minimum absolute atomic E-state index is 0.111. The van der Waals surface area contributed by atoms with Gasteiger partial charge < -0.3 is 9.47 Å². The summed E-state index contributed by atoms with van der Waals surface area (Å²) in [5.74, 6) is 0.645. The number of halogens is 2. The Morgan fingerprint density at radius 3 is 2.73 bits per heavy atom. The minimum Gasteiger partial charge on any atom is -0.493 e. The fraction of sp³-hybridized carbons (Fsp3) is 0.273. The van der Waals surface area contributed by atoms with Gasteiger partial charge in [-0.05, 0) is 47.4 Å². The molecule has 4 nitrogen and oxygen atoms in total. The van der Waals surface area contributed by atoms with Crippen molar-refractivity contribution in [1.29, 1.82) is 0 Å². The van der Waals surface area contributed by atoms with Crippen LogP contribution in [-0.4, -0.2) is 28.8 Å². The first kappa shape index (κ1) is 22.6. The van der Waals surface area contributed by atoms with Crippen molar-refractivity contribution < 1.29 is 18.7 Å². The molecule has 2 aromatic rings. The van der Waals surface area contributed by atoms with Gasteiger partial charge in [-0.2, -0.15) is 0 Å². The molecule has 1 heterocycles. The second-order valence-electron chi connectivity index (χ2n) is 7.14. The normalized spacial score (nSPS) is 15.4. The monoisotopic (exact) mass is 465 g/mol. The van der Waals surface area contributed by atoms with Crippen molar-refractivity contribution in [2.24, 2.45) is 5.92 Å². The number of carbonyl (C=O) groups is 1. The molecule has 2 aromatic carbocycles. The van der Waals surface area contributed by atoms with Gasteiger partial charge in [0.25, 0.3) is 5.91 Å². The number of methoxy groups -OCH3 is 1. The van der Waals surface area contributed by atoms with Gasteiger partial charge in [-0.25, -0.2) is 4.39 Å². The molecule has 1 fully saturated rings. The third kappa shape index (κ3) is 5.33.